The SMILES string of the molecule is COCOc1ccc(/C=C/C(=O)N(C)C2CCN(C)CC2)cc1. The van der Waals surface area contributed by atoms with Crippen molar-refractivity contribution in [1.82, 2.24) is 9.80 Å². The van der Waals surface area contributed by atoms with Crippen LogP contribution >= 0.6 is 0 Å². The van der Waals surface area contributed by atoms with Gasteiger partial charge in [0.25, 0.3) is 0 Å². The first-order valence-corrected chi connectivity index (χ1v) is 7.95. The second kappa shape index (κ2) is 8.70. The summed E-state index contributed by atoms with van der Waals surface area (Å²) in [7, 11) is 5.60. The van der Waals surface area contributed by atoms with Gasteiger partial charge in [-0.3, -0.25) is 4.79 Å². The Hall–Kier alpha value is -1.85. The van der Waals surface area contributed by atoms with E-state index in [1.165, 1.54) is 0 Å². The molecule has 0 bridgehead atoms. The number of hydrogen-bond donors (Lipinski definition) is 0. The number of likely N-dealkylation sites (N-methyl/N-ethyl adjacent to an activating group) is 1. The van der Waals surface area contributed by atoms with Gasteiger partial charge in [-0.25, -0.2) is 0 Å². The van der Waals surface area contributed by atoms with Crippen molar-refractivity contribution in [1.29, 1.82) is 0 Å². The highest BCUT2D eigenvalue weighted by Gasteiger charge is 2.22. The highest BCUT2D eigenvalue weighted by Crippen LogP contribution is 2.16. The van der Waals surface area contributed by atoms with E-state index in [0.29, 0.717) is 6.04 Å². The molecule has 1 saturated heterocycles. The van der Waals surface area contributed by atoms with Gasteiger partial charge in [0.05, 0.1) is 0 Å². The van der Waals surface area contributed by atoms with E-state index < -0.39 is 0 Å². The van der Waals surface area contributed by atoms with Crippen molar-refractivity contribution in [2.75, 3.05) is 41.1 Å². The Morgan fingerprint density at radius 2 is 1.96 bits per heavy atom. The molecule has 0 atom stereocenters. The van der Waals surface area contributed by atoms with Crippen molar-refractivity contribution >= 4 is 12.0 Å². The summed E-state index contributed by atoms with van der Waals surface area (Å²) in [6.07, 6.45) is 5.56. The van der Waals surface area contributed by atoms with Crippen LogP contribution in [0.4, 0.5) is 0 Å². The number of carbonyl (C=O) groups excluding carboxylic acids is 1. The van der Waals surface area contributed by atoms with Gasteiger partial charge in [0.2, 0.25) is 5.91 Å². The zero-order valence-electron chi connectivity index (χ0n) is 14.2. The maximum Gasteiger partial charge on any atom is 0.246 e. The first-order chi connectivity index (χ1) is 11.1. The Balaban J connectivity index is 1.87. The predicted octanol–water partition coefficient (Wildman–Crippen LogP) is 2.24. The zero-order valence-corrected chi connectivity index (χ0v) is 14.2. The van der Waals surface area contributed by atoms with E-state index in [-0.39, 0.29) is 12.7 Å². The standard InChI is InChI=1S/C18H26N2O3/c1-19-12-10-16(11-13-19)20(2)18(21)9-6-15-4-7-17(8-5-15)23-14-22-3/h4-9,16H,10-14H2,1-3H3/b9-6+. The van der Waals surface area contributed by atoms with Gasteiger partial charge in [0.15, 0.2) is 6.79 Å². The molecule has 1 aliphatic rings. The Bertz CT molecular complexity index is 520. The number of amides is 1. The molecular weight excluding hydrogens is 292 g/mol. The van der Waals surface area contributed by atoms with Crippen molar-refractivity contribution in [3.05, 3.63) is 35.9 Å². The average Bonchev–Trinajstić information content (AvgIpc) is 2.58. The molecule has 0 radical (unpaired) electrons. The fourth-order valence-electron chi connectivity index (χ4n) is 2.65. The molecule has 2 rings (SSSR count). The molecule has 0 unspecified atom stereocenters. The molecule has 1 heterocycles. The molecule has 0 aliphatic carbocycles. The Morgan fingerprint density at radius 1 is 1.30 bits per heavy atom. The summed E-state index contributed by atoms with van der Waals surface area (Å²) in [6.45, 7) is 2.33. The van der Waals surface area contributed by atoms with Crippen LogP contribution in [0.2, 0.25) is 0 Å². The van der Waals surface area contributed by atoms with E-state index in [0.717, 1.165) is 37.2 Å². The molecule has 126 valence electrons. The largest absolute Gasteiger partial charge is 0.468 e. The first kappa shape index (κ1) is 17.5. The molecule has 1 aromatic carbocycles. The fourth-order valence-corrected chi connectivity index (χ4v) is 2.65. The van der Waals surface area contributed by atoms with Crippen molar-refractivity contribution in [2.45, 2.75) is 18.9 Å². The lowest BCUT2D eigenvalue weighted by Gasteiger charge is -2.34. The second-order valence-corrected chi connectivity index (χ2v) is 5.94. The molecular formula is C18H26N2O3. The second-order valence-electron chi connectivity index (χ2n) is 5.94. The van der Waals surface area contributed by atoms with Gasteiger partial charge in [-0.1, -0.05) is 12.1 Å². The predicted molar refractivity (Wildman–Crippen MR) is 91.3 cm³/mol. The number of piperidine rings is 1. The molecule has 0 saturated carbocycles. The summed E-state index contributed by atoms with van der Waals surface area (Å²) >= 11 is 0. The maximum atomic E-state index is 12.3. The van der Waals surface area contributed by atoms with E-state index >= 15 is 0 Å². The minimum absolute atomic E-state index is 0.0549. The highest BCUT2D eigenvalue weighted by molar-refractivity contribution is 5.91. The lowest BCUT2D eigenvalue weighted by molar-refractivity contribution is -0.127. The molecule has 1 aliphatic heterocycles. The van der Waals surface area contributed by atoms with Crippen LogP contribution in [0.25, 0.3) is 6.08 Å². The molecule has 1 aromatic rings. The molecule has 1 amide bonds. The lowest BCUT2D eigenvalue weighted by atomic mass is 10.0. The molecule has 5 nitrogen and oxygen atoms in total. The fraction of sp³-hybridized carbons (Fsp3) is 0.500. The van der Waals surface area contributed by atoms with E-state index in [2.05, 4.69) is 11.9 Å². The molecule has 0 N–H and O–H groups in total. The van der Waals surface area contributed by atoms with Crippen molar-refractivity contribution in [3.63, 3.8) is 0 Å². The summed E-state index contributed by atoms with van der Waals surface area (Å²) < 4.78 is 10.2. The van der Waals surface area contributed by atoms with Gasteiger partial charge in [0, 0.05) is 26.3 Å². The van der Waals surface area contributed by atoms with Crippen molar-refractivity contribution in [2.24, 2.45) is 0 Å². The highest BCUT2D eigenvalue weighted by atomic mass is 16.7. The van der Waals surface area contributed by atoms with Gasteiger partial charge in [-0.15, -0.1) is 0 Å². The van der Waals surface area contributed by atoms with Gasteiger partial charge in [-0.05, 0) is 56.8 Å². The maximum absolute atomic E-state index is 12.3. The van der Waals surface area contributed by atoms with E-state index in [9.17, 15) is 4.79 Å². The van der Waals surface area contributed by atoms with Crippen LogP contribution in [-0.2, 0) is 9.53 Å². The Kier molecular flexibility index (Phi) is 6.62. The Labute approximate surface area is 138 Å². The first-order valence-electron chi connectivity index (χ1n) is 7.95. The van der Waals surface area contributed by atoms with E-state index in [4.69, 9.17) is 9.47 Å². The molecule has 23 heavy (non-hydrogen) atoms. The normalized spacial score (nSPS) is 16.7. The summed E-state index contributed by atoms with van der Waals surface area (Å²) in [5.41, 5.74) is 0.972. The third kappa shape index (κ3) is 5.37. The number of ether oxygens (including phenoxy) is 2. The summed E-state index contributed by atoms with van der Waals surface area (Å²) in [4.78, 5) is 16.5. The lowest BCUT2D eigenvalue weighted by Crippen LogP contribution is -2.43. The molecule has 0 aromatic heterocycles. The monoisotopic (exact) mass is 318 g/mol. The van der Waals surface area contributed by atoms with E-state index in [1.54, 1.807) is 13.2 Å². The average molecular weight is 318 g/mol. The van der Waals surface area contributed by atoms with Crippen LogP contribution in [0.5, 0.6) is 5.75 Å². The van der Waals surface area contributed by atoms with Crippen LogP contribution in [0.3, 0.4) is 0 Å². The minimum Gasteiger partial charge on any atom is -0.468 e. The number of carbonyl (C=O) groups is 1. The van der Waals surface area contributed by atoms with Gasteiger partial charge in [0.1, 0.15) is 5.75 Å². The van der Waals surface area contributed by atoms with Crippen LogP contribution in [0.1, 0.15) is 18.4 Å². The quantitative estimate of drug-likeness (QED) is 0.596. The van der Waals surface area contributed by atoms with Crippen molar-refractivity contribution in [3.8, 4) is 5.75 Å². The summed E-state index contributed by atoms with van der Waals surface area (Å²) in [5.74, 6) is 0.804. The number of rotatable bonds is 6. The molecule has 0 spiro atoms. The number of nitrogens with zero attached hydrogens (tertiary/aromatic N) is 2. The third-order valence-electron chi connectivity index (χ3n) is 4.23. The summed E-state index contributed by atoms with van der Waals surface area (Å²) in [6, 6.07) is 7.91. The number of methoxy groups -OCH3 is 1. The van der Waals surface area contributed by atoms with Gasteiger partial charge in [-0.2, -0.15) is 0 Å². The topological polar surface area (TPSA) is 42.0 Å². The number of likely N-dealkylation sites (tertiary alicyclic amines) is 1. The number of hydrogen-bond acceptors (Lipinski definition) is 4. The van der Waals surface area contributed by atoms with Gasteiger partial charge < -0.3 is 19.3 Å². The summed E-state index contributed by atoms with van der Waals surface area (Å²) in [5, 5.41) is 0. The van der Waals surface area contributed by atoms with Crippen molar-refractivity contribution < 1.29 is 14.3 Å². The molecule has 5 heteroatoms. The van der Waals surface area contributed by atoms with Crippen LogP contribution in [0.15, 0.2) is 30.3 Å². The van der Waals surface area contributed by atoms with E-state index in [1.807, 2.05) is 42.3 Å². The minimum atomic E-state index is 0.0549. The third-order valence-corrected chi connectivity index (χ3v) is 4.23. The zero-order chi connectivity index (χ0) is 16.7. The van der Waals surface area contributed by atoms with Gasteiger partial charge >= 0.3 is 0 Å². The molecule has 1 fully saturated rings. The van der Waals surface area contributed by atoms with Crippen LogP contribution in [-0.4, -0.2) is 62.8 Å². The van der Waals surface area contributed by atoms with Crippen LogP contribution in [0, 0.1) is 0 Å². The smallest absolute Gasteiger partial charge is 0.246 e. The Morgan fingerprint density at radius 3 is 2.57 bits per heavy atom. The number of benzene rings is 1. The van der Waals surface area contributed by atoms with Crippen LogP contribution < -0.4 is 4.74 Å².